The van der Waals surface area contributed by atoms with E-state index in [1.54, 1.807) is 0 Å². The van der Waals surface area contributed by atoms with Crippen molar-refractivity contribution < 1.29 is 0 Å². The average Bonchev–Trinajstić information content (AvgIpc) is 3.39. The standard InChI is InChI=1S/C23H28N4/c1-26-16-10-15-21(26)24-23(27-17-8-9-18-27)25-22(19-11-4-2-5-12-19)20-13-6-3-7-14-20/h2-7,11-14,22H,8-10,15-18H2,1H3/p+1. The van der Waals surface area contributed by atoms with Crippen molar-refractivity contribution in [1.29, 1.82) is 0 Å². The zero-order valence-electron chi connectivity index (χ0n) is 16.1. The fourth-order valence-electron chi connectivity index (χ4n) is 3.96. The number of hydrogen-bond acceptors (Lipinski definition) is 0. The van der Waals surface area contributed by atoms with Crippen LogP contribution in [0, 0.1) is 0 Å². The second-order valence-electron chi connectivity index (χ2n) is 7.47. The van der Waals surface area contributed by atoms with Crippen LogP contribution in [0.25, 0.3) is 0 Å². The van der Waals surface area contributed by atoms with Gasteiger partial charge >= 0.3 is 5.96 Å². The molecule has 0 aromatic heterocycles. The molecule has 0 radical (unpaired) electrons. The Morgan fingerprint density at radius 2 is 1.44 bits per heavy atom. The molecular weight excluding hydrogens is 332 g/mol. The highest BCUT2D eigenvalue weighted by Crippen LogP contribution is 2.22. The number of likely N-dealkylation sites (tertiary alicyclic amines) is 2. The van der Waals surface area contributed by atoms with Gasteiger partial charge in [0, 0.05) is 13.5 Å². The van der Waals surface area contributed by atoms with Gasteiger partial charge in [-0.3, -0.25) is 10.2 Å². The lowest BCUT2D eigenvalue weighted by Crippen LogP contribution is -2.44. The van der Waals surface area contributed by atoms with Gasteiger partial charge in [-0.25, -0.2) is 4.67 Å². The summed E-state index contributed by atoms with van der Waals surface area (Å²) < 4.78 is 5.10. The summed E-state index contributed by atoms with van der Waals surface area (Å²) in [5.41, 5.74) is 2.53. The van der Waals surface area contributed by atoms with Crippen LogP contribution >= 0.6 is 0 Å². The predicted molar refractivity (Wildman–Crippen MR) is 113 cm³/mol. The summed E-state index contributed by atoms with van der Waals surface area (Å²) in [5, 5.41) is 3.80. The predicted octanol–water partition coefficient (Wildman–Crippen LogP) is 3.01. The van der Waals surface area contributed by atoms with E-state index in [-0.39, 0.29) is 6.04 Å². The first-order chi connectivity index (χ1) is 13.3. The maximum Gasteiger partial charge on any atom is 0.397 e. The molecule has 0 bridgehead atoms. The van der Waals surface area contributed by atoms with E-state index in [2.05, 4.69) is 82.8 Å². The first-order valence-electron chi connectivity index (χ1n) is 10.1. The number of benzene rings is 2. The van der Waals surface area contributed by atoms with Gasteiger partial charge in [-0.15, -0.1) is 0 Å². The number of rotatable bonds is 3. The Bertz CT molecular complexity index is 763. The highest BCUT2D eigenvalue weighted by Gasteiger charge is 2.29. The fourth-order valence-corrected chi connectivity index (χ4v) is 3.96. The van der Waals surface area contributed by atoms with Gasteiger partial charge in [-0.05, 0) is 30.4 Å². The summed E-state index contributed by atoms with van der Waals surface area (Å²) in [6, 6.07) is 21.5. The fraction of sp³-hybridized carbons (Fsp3) is 0.391. The Kier molecular flexibility index (Phi) is 5.45. The van der Waals surface area contributed by atoms with Crippen LogP contribution in [0.4, 0.5) is 0 Å². The summed E-state index contributed by atoms with van der Waals surface area (Å²) in [7, 11) is 2.15. The molecule has 0 atom stereocenters. The van der Waals surface area contributed by atoms with E-state index in [0.29, 0.717) is 0 Å². The van der Waals surface area contributed by atoms with Crippen molar-refractivity contribution in [2.24, 2.45) is 0 Å². The van der Waals surface area contributed by atoms with Crippen molar-refractivity contribution in [3.63, 3.8) is 0 Å². The molecule has 0 aliphatic carbocycles. The molecule has 2 heterocycles. The summed E-state index contributed by atoms with van der Waals surface area (Å²) in [4.78, 5) is 4.70. The third-order valence-electron chi connectivity index (χ3n) is 5.51. The lowest BCUT2D eigenvalue weighted by atomic mass is 9.99. The summed E-state index contributed by atoms with van der Waals surface area (Å²) >= 11 is 0. The van der Waals surface area contributed by atoms with Crippen molar-refractivity contribution in [1.82, 2.24) is 19.8 Å². The Labute approximate surface area is 162 Å². The molecule has 4 nitrogen and oxygen atoms in total. The first-order valence-corrected chi connectivity index (χ1v) is 10.1. The minimum Gasteiger partial charge on any atom is -0.302 e. The number of nitrogens with one attached hydrogen (secondary N) is 1. The van der Waals surface area contributed by atoms with Gasteiger partial charge in [0.25, 0.3) is 5.84 Å². The van der Waals surface area contributed by atoms with E-state index >= 15 is 0 Å². The van der Waals surface area contributed by atoms with E-state index in [1.807, 2.05) is 0 Å². The Morgan fingerprint density at radius 3 is 1.96 bits per heavy atom. The molecule has 140 valence electrons. The molecule has 27 heavy (non-hydrogen) atoms. The molecule has 2 fully saturated rings. The Morgan fingerprint density at radius 1 is 0.852 bits per heavy atom. The first kappa shape index (κ1) is 17.7. The topological polar surface area (TPSA) is 32.6 Å². The van der Waals surface area contributed by atoms with Crippen LogP contribution < -0.4 is 9.98 Å². The van der Waals surface area contributed by atoms with Crippen LogP contribution in [0.15, 0.2) is 60.7 Å². The second kappa shape index (κ2) is 8.32. The van der Waals surface area contributed by atoms with Crippen molar-refractivity contribution in [3.8, 4) is 0 Å². The molecule has 4 rings (SSSR count). The summed E-state index contributed by atoms with van der Waals surface area (Å²) in [5.74, 6) is 2.22. The maximum atomic E-state index is 5.10. The van der Waals surface area contributed by atoms with Crippen molar-refractivity contribution in [2.45, 2.75) is 31.7 Å². The number of nitrogens with zero attached hydrogens (tertiary/aromatic N) is 3. The van der Waals surface area contributed by atoms with Gasteiger partial charge in [0.05, 0.1) is 19.6 Å². The van der Waals surface area contributed by atoms with Crippen LogP contribution in [-0.4, -0.2) is 48.3 Å². The second-order valence-corrected chi connectivity index (χ2v) is 7.47. The molecule has 0 unspecified atom stereocenters. The summed E-state index contributed by atoms with van der Waals surface area (Å²) in [6.45, 7) is 3.27. The van der Waals surface area contributed by atoms with E-state index in [4.69, 9.17) is 4.67 Å². The minimum absolute atomic E-state index is 0.0964. The van der Waals surface area contributed by atoms with Gasteiger partial charge in [0.15, 0.2) is 0 Å². The van der Waals surface area contributed by atoms with E-state index < -0.39 is 0 Å². The molecule has 2 aromatic carbocycles. The highest BCUT2D eigenvalue weighted by molar-refractivity contribution is 5.90. The van der Waals surface area contributed by atoms with Crippen molar-refractivity contribution in [2.75, 3.05) is 26.7 Å². The third kappa shape index (κ3) is 4.17. The average molecular weight is 362 g/mol. The van der Waals surface area contributed by atoms with Crippen LogP contribution in [0.1, 0.15) is 42.9 Å². The molecule has 4 heteroatoms. The molecule has 0 spiro atoms. The maximum absolute atomic E-state index is 5.10. The van der Waals surface area contributed by atoms with Gasteiger partial charge in [-0.1, -0.05) is 60.7 Å². The SMILES string of the molecule is CN1CCCC1=[N+]=C(NC(c1ccccc1)c1ccccc1)N1CCCC1. The molecule has 2 aliphatic heterocycles. The van der Waals surface area contributed by atoms with Crippen LogP contribution in [-0.2, 0) is 0 Å². The van der Waals surface area contributed by atoms with E-state index in [9.17, 15) is 0 Å². The van der Waals surface area contributed by atoms with Crippen LogP contribution in [0.3, 0.4) is 0 Å². The third-order valence-corrected chi connectivity index (χ3v) is 5.51. The van der Waals surface area contributed by atoms with E-state index in [1.165, 1.54) is 36.2 Å². The van der Waals surface area contributed by atoms with Crippen LogP contribution in [0.5, 0.6) is 0 Å². The van der Waals surface area contributed by atoms with E-state index in [0.717, 1.165) is 32.0 Å². The zero-order valence-corrected chi connectivity index (χ0v) is 16.1. The van der Waals surface area contributed by atoms with Crippen LogP contribution in [0.2, 0.25) is 0 Å². The minimum atomic E-state index is 0.0964. The van der Waals surface area contributed by atoms with Gasteiger partial charge < -0.3 is 4.90 Å². The van der Waals surface area contributed by atoms with Crippen molar-refractivity contribution in [3.05, 3.63) is 71.8 Å². The molecule has 0 amide bonds. The van der Waals surface area contributed by atoms with Gasteiger partial charge in [0.2, 0.25) is 0 Å². The highest BCUT2D eigenvalue weighted by atomic mass is 15.3. The molecule has 2 aromatic rings. The Balaban J connectivity index is 1.73. The Hall–Kier alpha value is -2.71. The molecule has 0 saturated carbocycles. The largest absolute Gasteiger partial charge is 0.397 e. The zero-order chi connectivity index (χ0) is 18.5. The lowest BCUT2D eigenvalue weighted by Gasteiger charge is -2.21. The summed E-state index contributed by atoms with van der Waals surface area (Å²) in [6.07, 6.45) is 4.75. The molecule has 2 aliphatic rings. The quantitative estimate of drug-likeness (QED) is 0.518. The molecule has 1 N–H and O–H groups in total. The smallest absolute Gasteiger partial charge is 0.302 e. The molecular formula is C23H29N4+. The lowest BCUT2D eigenvalue weighted by molar-refractivity contribution is 0.483. The normalized spacial score (nSPS) is 16.7. The van der Waals surface area contributed by atoms with Crippen molar-refractivity contribution >= 4 is 11.8 Å². The number of guanidine groups is 1. The van der Waals surface area contributed by atoms with Gasteiger partial charge in [0.1, 0.15) is 6.04 Å². The number of hydrogen-bond donors (Lipinski definition) is 1. The monoisotopic (exact) mass is 361 g/mol. The number of amidine groups is 1. The molecule has 2 saturated heterocycles. The van der Waals surface area contributed by atoms with Gasteiger partial charge in [-0.2, -0.15) is 0 Å².